The van der Waals surface area contributed by atoms with E-state index in [1.165, 1.54) is 5.69 Å². The monoisotopic (exact) mass is 368 g/mol. The number of nitrogens with zero attached hydrogens (tertiary/aromatic N) is 1. The molecule has 0 atom stereocenters. The van der Waals surface area contributed by atoms with Crippen molar-refractivity contribution < 1.29 is 14.7 Å². The molecule has 1 heterocycles. The van der Waals surface area contributed by atoms with E-state index in [2.05, 4.69) is 18.4 Å². The number of rotatable bonds is 9. The van der Waals surface area contributed by atoms with E-state index in [0.29, 0.717) is 18.4 Å². The van der Waals surface area contributed by atoms with Crippen LogP contribution in [0.3, 0.4) is 0 Å². The topological polar surface area (TPSA) is 85.3 Å². The second-order valence-corrected chi connectivity index (χ2v) is 6.58. The molecular weight excluding hydrogens is 339 g/mol. The van der Waals surface area contributed by atoms with Crippen molar-refractivity contribution in [2.24, 2.45) is 5.73 Å². The predicted molar refractivity (Wildman–Crippen MR) is 107 cm³/mol. The summed E-state index contributed by atoms with van der Waals surface area (Å²) >= 11 is 0. The van der Waals surface area contributed by atoms with Crippen molar-refractivity contribution in [3.63, 3.8) is 0 Å². The normalized spacial score (nSPS) is 10.7. The molecule has 0 aliphatic carbocycles. The zero-order valence-electron chi connectivity index (χ0n) is 15.4. The van der Waals surface area contributed by atoms with Gasteiger partial charge in [-0.15, -0.1) is 0 Å². The zero-order valence-corrected chi connectivity index (χ0v) is 15.4. The summed E-state index contributed by atoms with van der Waals surface area (Å²) in [6.45, 7) is 6.84. The summed E-state index contributed by atoms with van der Waals surface area (Å²) < 4.78 is 2.20. The number of primary amides is 1. The maximum atomic E-state index is 11.5. The SMILES string of the molecule is CCCCCc1c(CCC(N)=O)c2cc(C)c(C(=O)O)cc2n1CC.[NaH]. The van der Waals surface area contributed by atoms with Crippen molar-refractivity contribution in [1.82, 2.24) is 4.57 Å². The first-order valence-electron chi connectivity index (χ1n) is 9.06. The molecular formula is C20H29N2NaO3. The summed E-state index contributed by atoms with van der Waals surface area (Å²) in [6.07, 6.45) is 5.23. The van der Waals surface area contributed by atoms with Crippen LogP contribution < -0.4 is 5.73 Å². The summed E-state index contributed by atoms with van der Waals surface area (Å²) in [5, 5.41) is 10.5. The molecule has 0 radical (unpaired) electrons. The Morgan fingerprint density at radius 1 is 1.15 bits per heavy atom. The molecule has 0 spiro atoms. The van der Waals surface area contributed by atoms with Gasteiger partial charge in [0, 0.05) is 29.6 Å². The number of carboxylic acids is 1. The predicted octanol–water partition coefficient (Wildman–Crippen LogP) is 3.17. The number of carbonyl (C=O) groups is 2. The summed E-state index contributed by atoms with van der Waals surface area (Å²) in [6, 6.07) is 3.72. The number of aryl methyl sites for hydroxylation is 3. The van der Waals surface area contributed by atoms with Gasteiger partial charge in [0.05, 0.1) is 5.56 Å². The number of nitrogens with two attached hydrogens (primary N) is 1. The molecule has 5 nitrogen and oxygen atoms in total. The fourth-order valence-corrected chi connectivity index (χ4v) is 3.57. The molecule has 0 fully saturated rings. The van der Waals surface area contributed by atoms with E-state index in [9.17, 15) is 14.7 Å². The Kier molecular flexibility index (Phi) is 8.87. The minimum atomic E-state index is -0.908. The fraction of sp³-hybridized carbons (Fsp3) is 0.500. The summed E-state index contributed by atoms with van der Waals surface area (Å²) in [5.41, 5.74) is 9.75. The summed E-state index contributed by atoms with van der Waals surface area (Å²) in [7, 11) is 0. The number of benzene rings is 1. The van der Waals surface area contributed by atoms with Crippen molar-refractivity contribution in [2.45, 2.75) is 65.8 Å². The molecule has 0 aliphatic heterocycles. The molecule has 1 aromatic carbocycles. The van der Waals surface area contributed by atoms with Gasteiger partial charge < -0.3 is 15.4 Å². The molecule has 1 aromatic heterocycles. The van der Waals surface area contributed by atoms with Crippen LogP contribution in [-0.4, -0.2) is 51.1 Å². The number of carboxylic acid groups (broad SMARTS) is 1. The van der Waals surface area contributed by atoms with Gasteiger partial charge in [0.1, 0.15) is 0 Å². The first kappa shape index (κ1) is 22.7. The molecule has 6 heteroatoms. The summed E-state index contributed by atoms with van der Waals surface area (Å²) in [5.74, 6) is -1.22. The molecule has 138 valence electrons. The molecule has 3 N–H and O–H groups in total. The standard InChI is InChI=1S/C20H28N2O3.Na.H/c1-4-6-7-8-17-14(9-10-19(21)23)16-11-13(3)15(20(24)25)12-18(16)22(17)5-2;;/h11-12H,4-10H2,1-3H3,(H2,21,23)(H,24,25);;. The van der Waals surface area contributed by atoms with Gasteiger partial charge in [-0.1, -0.05) is 19.8 Å². The van der Waals surface area contributed by atoms with Crippen LogP contribution in [0.4, 0.5) is 0 Å². The number of unbranched alkanes of at least 4 members (excludes halogenated alkanes) is 2. The third kappa shape index (κ3) is 4.90. The van der Waals surface area contributed by atoms with E-state index in [-0.39, 0.29) is 35.5 Å². The molecule has 0 saturated carbocycles. The van der Waals surface area contributed by atoms with E-state index in [4.69, 9.17) is 5.73 Å². The van der Waals surface area contributed by atoms with Crippen molar-refractivity contribution in [1.29, 1.82) is 0 Å². The Labute approximate surface area is 177 Å². The van der Waals surface area contributed by atoms with Crippen LogP contribution in [0.2, 0.25) is 0 Å². The van der Waals surface area contributed by atoms with E-state index in [0.717, 1.165) is 54.3 Å². The van der Waals surface area contributed by atoms with Crippen LogP contribution in [0.15, 0.2) is 12.1 Å². The van der Waals surface area contributed by atoms with E-state index < -0.39 is 5.97 Å². The van der Waals surface area contributed by atoms with E-state index in [1.54, 1.807) is 6.07 Å². The third-order valence-electron chi connectivity index (χ3n) is 4.82. The first-order valence-corrected chi connectivity index (χ1v) is 9.06. The molecule has 1 amide bonds. The Morgan fingerprint density at radius 2 is 1.85 bits per heavy atom. The van der Waals surface area contributed by atoms with Crippen molar-refractivity contribution in [3.05, 3.63) is 34.5 Å². The van der Waals surface area contributed by atoms with Crippen LogP contribution in [-0.2, 0) is 24.2 Å². The fourth-order valence-electron chi connectivity index (χ4n) is 3.57. The van der Waals surface area contributed by atoms with E-state index >= 15 is 0 Å². The van der Waals surface area contributed by atoms with Crippen LogP contribution in [0, 0.1) is 6.92 Å². The maximum absolute atomic E-state index is 11.5. The van der Waals surface area contributed by atoms with Gasteiger partial charge in [0.15, 0.2) is 0 Å². The van der Waals surface area contributed by atoms with Crippen LogP contribution in [0.25, 0.3) is 10.9 Å². The van der Waals surface area contributed by atoms with E-state index in [1.807, 2.05) is 13.0 Å². The molecule has 0 unspecified atom stereocenters. The molecule has 2 aromatic rings. The molecule has 26 heavy (non-hydrogen) atoms. The van der Waals surface area contributed by atoms with Crippen LogP contribution in [0.5, 0.6) is 0 Å². The number of aromatic nitrogens is 1. The van der Waals surface area contributed by atoms with Crippen molar-refractivity contribution in [2.75, 3.05) is 0 Å². The van der Waals surface area contributed by atoms with Crippen LogP contribution in [0.1, 0.15) is 66.7 Å². The van der Waals surface area contributed by atoms with Gasteiger partial charge in [0.2, 0.25) is 5.91 Å². The van der Waals surface area contributed by atoms with Gasteiger partial charge in [-0.2, -0.15) is 0 Å². The van der Waals surface area contributed by atoms with Crippen LogP contribution >= 0.6 is 0 Å². The van der Waals surface area contributed by atoms with Gasteiger partial charge in [-0.05, 0) is 56.4 Å². The van der Waals surface area contributed by atoms with Crippen molar-refractivity contribution in [3.8, 4) is 0 Å². The molecule has 0 saturated heterocycles. The average Bonchev–Trinajstić information content (AvgIpc) is 2.84. The quantitative estimate of drug-likeness (QED) is 0.527. The van der Waals surface area contributed by atoms with Crippen molar-refractivity contribution >= 4 is 52.3 Å². The number of aromatic carboxylic acids is 1. The second-order valence-electron chi connectivity index (χ2n) is 6.58. The Morgan fingerprint density at radius 3 is 2.38 bits per heavy atom. The second kappa shape index (κ2) is 10.1. The number of hydrogen-bond donors (Lipinski definition) is 2. The molecule has 0 aliphatic rings. The number of carbonyl (C=O) groups excluding carboxylic acids is 1. The Bertz CT molecular complexity index is 796. The number of amides is 1. The average molecular weight is 368 g/mol. The summed E-state index contributed by atoms with van der Waals surface area (Å²) in [4.78, 5) is 22.8. The molecule has 0 bridgehead atoms. The van der Waals surface area contributed by atoms with Gasteiger partial charge >= 0.3 is 35.5 Å². The van der Waals surface area contributed by atoms with Gasteiger partial charge in [-0.25, -0.2) is 4.79 Å². The molecule has 2 rings (SSSR count). The van der Waals surface area contributed by atoms with Gasteiger partial charge in [-0.3, -0.25) is 4.79 Å². The minimum absolute atomic E-state index is 0. The first-order chi connectivity index (χ1) is 11.9. The number of hydrogen-bond acceptors (Lipinski definition) is 2. The third-order valence-corrected chi connectivity index (χ3v) is 4.82. The van der Waals surface area contributed by atoms with Gasteiger partial charge in [0.25, 0.3) is 0 Å². The Balaban J connectivity index is 0.00000338. The number of fused-ring (bicyclic) bond motifs is 1. The Hall–Kier alpha value is -1.30. The zero-order chi connectivity index (χ0) is 18.6.